The van der Waals surface area contributed by atoms with E-state index in [0.717, 1.165) is 0 Å². The van der Waals surface area contributed by atoms with Gasteiger partial charge >= 0.3 is 0 Å². The molecule has 0 rings (SSSR count). The van der Waals surface area contributed by atoms with E-state index in [-0.39, 0.29) is 32.9 Å². The molecular formula is C9H16NO2W-. The summed E-state index contributed by atoms with van der Waals surface area (Å²) in [4.78, 5) is 23.4. The number of carbonyl (C=O) groups excluding carboxylic acids is 2. The molecule has 0 aliphatic rings. The molecule has 3 nitrogen and oxygen atoms in total. The van der Waals surface area contributed by atoms with Crippen LogP contribution in [-0.2, 0) is 30.7 Å². The summed E-state index contributed by atoms with van der Waals surface area (Å²) in [6.07, 6.45) is 1.88. The number of hydrogen-bond acceptors (Lipinski definition) is 2. The summed E-state index contributed by atoms with van der Waals surface area (Å²) in [6, 6.07) is 0. The summed E-state index contributed by atoms with van der Waals surface area (Å²) in [5.41, 5.74) is -0.693. The second-order valence-corrected chi connectivity index (χ2v) is 3.78. The fraction of sp³-hybridized carbons (Fsp3) is 0.778. The molecule has 0 aromatic heterocycles. The van der Waals surface area contributed by atoms with Gasteiger partial charge in [0.15, 0.2) is 0 Å². The van der Waals surface area contributed by atoms with Crippen molar-refractivity contribution in [2.45, 2.75) is 20.8 Å². The molecule has 0 aliphatic carbocycles. The quantitative estimate of drug-likeness (QED) is 0.705. The topological polar surface area (TPSA) is 37.4 Å². The Morgan fingerprint density at radius 2 is 1.77 bits per heavy atom. The summed E-state index contributed by atoms with van der Waals surface area (Å²) >= 11 is 0. The van der Waals surface area contributed by atoms with Crippen LogP contribution >= 0.6 is 0 Å². The molecule has 1 unspecified atom stereocenters. The van der Waals surface area contributed by atoms with Gasteiger partial charge in [-0.1, -0.05) is 20.8 Å². The fourth-order valence-electron chi connectivity index (χ4n) is 0.784. The predicted octanol–water partition coefficient (Wildman–Crippen LogP) is 0.844. The van der Waals surface area contributed by atoms with Crippen LogP contribution in [0.25, 0.3) is 0 Å². The van der Waals surface area contributed by atoms with Gasteiger partial charge in [0.25, 0.3) is 0 Å². The van der Waals surface area contributed by atoms with Crippen molar-refractivity contribution in [1.82, 2.24) is 4.90 Å². The van der Waals surface area contributed by atoms with Gasteiger partial charge in [-0.15, -0.1) is 5.41 Å². The van der Waals surface area contributed by atoms with Gasteiger partial charge in [-0.25, -0.2) is 0 Å². The van der Waals surface area contributed by atoms with Crippen LogP contribution in [0.2, 0.25) is 0 Å². The molecule has 0 N–H and O–H groups in total. The molecule has 0 heterocycles. The van der Waals surface area contributed by atoms with Crippen molar-refractivity contribution in [2.75, 3.05) is 14.1 Å². The minimum atomic E-state index is -0.693. The molecule has 0 radical (unpaired) electrons. The molecular weight excluding hydrogens is 338 g/mol. The third kappa shape index (κ3) is 4.03. The van der Waals surface area contributed by atoms with E-state index in [1.54, 1.807) is 34.9 Å². The minimum absolute atomic E-state index is 0. The number of amides is 1. The van der Waals surface area contributed by atoms with E-state index in [2.05, 4.69) is 0 Å². The third-order valence-corrected chi connectivity index (χ3v) is 2.16. The van der Waals surface area contributed by atoms with Crippen molar-refractivity contribution in [2.24, 2.45) is 11.3 Å². The Morgan fingerprint density at radius 3 is 2.00 bits per heavy atom. The Labute approximate surface area is 94.1 Å². The van der Waals surface area contributed by atoms with Crippen molar-refractivity contribution >= 4 is 12.2 Å². The first-order valence-corrected chi connectivity index (χ1v) is 3.93. The van der Waals surface area contributed by atoms with E-state index in [9.17, 15) is 9.59 Å². The van der Waals surface area contributed by atoms with Crippen molar-refractivity contribution < 1.29 is 30.7 Å². The van der Waals surface area contributed by atoms with Gasteiger partial charge in [-0.3, -0.25) is 11.1 Å². The summed E-state index contributed by atoms with van der Waals surface area (Å²) in [6.45, 7) is 5.17. The first-order valence-electron chi connectivity index (χ1n) is 3.93. The van der Waals surface area contributed by atoms with Crippen LogP contribution in [-0.4, -0.2) is 31.2 Å². The van der Waals surface area contributed by atoms with Gasteiger partial charge < -0.3 is 9.69 Å². The van der Waals surface area contributed by atoms with Gasteiger partial charge in [0.2, 0.25) is 5.91 Å². The number of rotatable bonds is 3. The summed E-state index contributed by atoms with van der Waals surface area (Å²) in [5.74, 6) is -0.353. The van der Waals surface area contributed by atoms with Crippen molar-refractivity contribution in [1.29, 1.82) is 0 Å². The SMILES string of the molecule is CC(C(=O)N(C)C)C(C)(C)[C-]=O.[W]. The molecule has 13 heavy (non-hydrogen) atoms. The Hall–Kier alpha value is -0.172. The van der Waals surface area contributed by atoms with Gasteiger partial charge in [0, 0.05) is 41.1 Å². The summed E-state index contributed by atoms with van der Waals surface area (Å²) in [5, 5.41) is 0. The Kier molecular flexibility index (Phi) is 6.52. The molecule has 0 bridgehead atoms. The van der Waals surface area contributed by atoms with E-state index >= 15 is 0 Å². The normalized spacial score (nSPS) is 12.7. The monoisotopic (exact) mass is 354 g/mol. The Morgan fingerprint density at radius 1 is 1.38 bits per heavy atom. The van der Waals surface area contributed by atoms with Crippen LogP contribution in [0, 0.1) is 11.3 Å². The maximum atomic E-state index is 11.4. The molecule has 1 atom stereocenters. The van der Waals surface area contributed by atoms with Crippen molar-refractivity contribution in [3.63, 3.8) is 0 Å². The Bertz CT molecular complexity index is 190. The number of nitrogens with zero attached hydrogens (tertiary/aromatic N) is 1. The summed E-state index contributed by atoms with van der Waals surface area (Å²) in [7, 11) is 3.36. The Balaban J connectivity index is 0. The van der Waals surface area contributed by atoms with E-state index in [1.807, 2.05) is 6.29 Å². The second-order valence-electron chi connectivity index (χ2n) is 3.78. The summed E-state index contributed by atoms with van der Waals surface area (Å²) < 4.78 is 0. The van der Waals surface area contributed by atoms with E-state index < -0.39 is 5.41 Å². The van der Waals surface area contributed by atoms with E-state index in [1.165, 1.54) is 4.90 Å². The maximum absolute atomic E-state index is 11.4. The smallest absolute Gasteiger partial charge is 0.223 e. The standard InChI is InChI=1S/C9H16NO2.W/c1-7(8(12)10(4)5)9(2,3)6-11;/h7H,1-5H3;/q-1;. The van der Waals surface area contributed by atoms with Crippen LogP contribution in [0.4, 0.5) is 0 Å². The van der Waals surface area contributed by atoms with Crippen molar-refractivity contribution in [3.8, 4) is 0 Å². The number of carbonyl (C=O) groups is 1. The van der Waals surface area contributed by atoms with Gasteiger partial charge in [0.05, 0.1) is 0 Å². The van der Waals surface area contributed by atoms with Crippen LogP contribution in [0.5, 0.6) is 0 Å². The van der Waals surface area contributed by atoms with Crippen LogP contribution in [0.1, 0.15) is 20.8 Å². The zero-order valence-corrected chi connectivity index (χ0v) is 11.7. The number of hydrogen-bond donors (Lipinski definition) is 0. The second kappa shape index (κ2) is 5.54. The molecule has 76 valence electrons. The first-order chi connectivity index (χ1) is 5.33. The van der Waals surface area contributed by atoms with Crippen molar-refractivity contribution in [3.05, 3.63) is 0 Å². The van der Waals surface area contributed by atoms with Gasteiger partial charge in [-0.05, 0) is 0 Å². The molecule has 0 fully saturated rings. The average molecular weight is 354 g/mol. The molecule has 0 saturated heterocycles. The van der Waals surface area contributed by atoms with Crippen LogP contribution in [0.3, 0.4) is 0 Å². The molecule has 0 aromatic rings. The fourth-order valence-corrected chi connectivity index (χ4v) is 0.784. The van der Waals surface area contributed by atoms with Crippen LogP contribution in [0.15, 0.2) is 0 Å². The molecule has 0 spiro atoms. The molecule has 4 heteroatoms. The zero-order chi connectivity index (χ0) is 9.94. The van der Waals surface area contributed by atoms with Crippen LogP contribution < -0.4 is 0 Å². The van der Waals surface area contributed by atoms with E-state index in [0.29, 0.717) is 0 Å². The average Bonchev–Trinajstić information content (AvgIpc) is 2.01. The molecule has 0 saturated carbocycles. The largest absolute Gasteiger partial charge is 0.541 e. The third-order valence-electron chi connectivity index (χ3n) is 2.16. The molecule has 1 amide bonds. The predicted molar refractivity (Wildman–Crippen MR) is 47.3 cm³/mol. The van der Waals surface area contributed by atoms with Gasteiger partial charge in [0.1, 0.15) is 0 Å². The van der Waals surface area contributed by atoms with Gasteiger partial charge in [-0.2, -0.15) is 0 Å². The maximum Gasteiger partial charge on any atom is 0.223 e. The van der Waals surface area contributed by atoms with E-state index in [4.69, 9.17) is 0 Å². The first kappa shape index (κ1) is 15.3. The molecule has 0 aromatic carbocycles. The molecule has 0 aliphatic heterocycles. The minimum Gasteiger partial charge on any atom is -0.541 e. The zero-order valence-electron chi connectivity index (χ0n) is 8.75.